The second-order valence-corrected chi connectivity index (χ2v) is 24.8. The van der Waals surface area contributed by atoms with Crippen LogP contribution in [0.5, 0.6) is 0 Å². The van der Waals surface area contributed by atoms with Crippen molar-refractivity contribution in [2.75, 3.05) is 70.8 Å². The highest BCUT2D eigenvalue weighted by Crippen LogP contribution is 2.15. The first-order valence-corrected chi connectivity index (χ1v) is 34.1. The maximum Gasteiger partial charge on any atom is 0.579 e. The SMILES string of the molecule is C=[O+]C(=O)CCC(C)C(=O)N(C)C.CC(=O)OC(C)=O.CC(CCC(=O)O)C(=O)O.CC1CCC(=O)OC1=O.CO.COC(=O)C(C)CCC(=O)Cl.COC(=O)C(C)CCC(=O)N(C)C.COC(=O)C(C)CCC(=O)O.COC(=O)CCC(C)C(=O)Cl.COC(=O)CCC(C)C(=O)O.O=S(Cl)Cl. The molecule has 1 aliphatic heterocycles. The Morgan fingerprint density at radius 2 is 0.833 bits per heavy atom. The fraction of sp³-hybridized carbons (Fsp3) is 0.698. The lowest BCUT2D eigenvalue weighted by atomic mass is 10.0. The monoisotopic (exact) mass is 1580 g/mol. The number of esters is 9. The lowest BCUT2D eigenvalue weighted by Gasteiger charge is -2.14. The van der Waals surface area contributed by atoms with E-state index in [-0.39, 0.29) is 134 Å². The molecule has 0 bridgehead atoms. The zero-order valence-electron chi connectivity index (χ0n) is 61.7. The van der Waals surface area contributed by atoms with Crippen molar-refractivity contribution < 1.29 is 154 Å². The van der Waals surface area contributed by atoms with Crippen LogP contribution in [-0.4, -0.2) is 223 Å². The number of cyclic esters (lactones) is 2. The van der Waals surface area contributed by atoms with Crippen LogP contribution >= 0.6 is 44.6 Å². The predicted molar refractivity (Wildman–Crippen MR) is 371 cm³/mol. The largest absolute Gasteiger partial charge is 0.579 e. The van der Waals surface area contributed by atoms with Gasteiger partial charge in [-0.05, 0) is 74.6 Å². The highest BCUT2D eigenvalue weighted by molar-refractivity contribution is 8.26. The quantitative estimate of drug-likeness (QED) is 0.0176. The van der Waals surface area contributed by atoms with Gasteiger partial charge in [0.25, 0.3) is 0 Å². The number of nitrogens with zero attached hydrogens (tertiary/aromatic N) is 2. The number of amides is 2. The number of ether oxygens (including phenoxy) is 7. The number of carboxylic acids is 4. The van der Waals surface area contributed by atoms with E-state index in [4.69, 9.17) is 52.9 Å². The van der Waals surface area contributed by atoms with E-state index in [0.29, 0.717) is 57.8 Å². The summed E-state index contributed by atoms with van der Waals surface area (Å²) in [5.74, 6) is -9.78. The maximum atomic E-state index is 11.3. The van der Waals surface area contributed by atoms with E-state index >= 15 is 0 Å². The number of rotatable bonds is 28. The molecule has 1 aliphatic rings. The van der Waals surface area contributed by atoms with Gasteiger partial charge in [-0.25, -0.2) is 4.21 Å². The van der Waals surface area contributed by atoms with Gasteiger partial charge in [0.05, 0.1) is 71.1 Å². The smallest absolute Gasteiger partial charge is 0.481 e. The molecule has 1 rings (SSSR count). The minimum absolute atomic E-state index is 0.0102. The Labute approximate surface area is 617 Å². The van der Waals surface area contributed by atoms with Gasteiger partial charge in [-0.1, -0.05) is 55.4 Å². The number of carbonyl (C=O) groups excluding carboxylic acids is 15. The first kappa shape index (κ1) is 116. The van der Waals surface area contributed by atoms with Gasteiger partial charge >= 0.3 is 83.6 Å². The third-order valence-corrected chi connectivity index (χ3v) is 12.8. The molecule has 8 unspecified atom stereocenters. The molecule has 1 heterocycles. The van der Waals surface area contributed by atoms with Gasteiger partial charge in [0.15, 0.2) is 6.79 Å². The van der Waals surface area contributed by atoms with Gasteiger partial charge in [-0.2, -0.15) is 0 Å². The number of aliphatic carboxylic acids is 4. The lowest BCUT2D eigenvalue weighted by molar-refractivity contribution is -0.369. The van der Waals surface area contributed by atoms with E-state index in [2.05, 4.69) is 65.7 Å². The molecule has 39 heteroatoms. The normalized spacial score (nSPS) is 12.9. The van der Waals surface area contributed by atoms with Gasteiger partial charge in [0.1, 0.15) is 6.42 Å². The van der Waals surface area contributed by atoms with Crippen molar-refractivity contribution >= 4 is 166 Å². The summed E-state index contributed by atoms with van der Waals surface area (Å²) in [5, 5.41) is 39.3. The van der Waals surface area contributed by atoms with Gasteiger partial charge in [-0.3, -0.25) is 85.9 Å². The number of methoxy groups -OCH3 is 5. The van der Waals surface area contributed by atoms with E-state index in [1.165, 1.54) is 66.1 Å². The molecule has 0 spiro atoms. The van der Waals surface area contributed by atoms with Crippen LogP contribution in [0.1, 0.15) is 172 Å². The fourth-order valence-electron chi connectivity index (χ4n) is 5.65. The molecule has 0 aromatic rings. The molecule has 0 aliphatic carbocycles. The van der Waals surface area contributed by atoms with Gasteiger partial charge in [0.2, 0.25) is 31.5 Å². The fourth-order valence-corrected chi connectivity index (χ4v) is 5.87. The first-order chi connectivity index (χ1) is 46.9. The van der Waals surface area contributed by atoms with Crippen LogP contribution in [0.2, 0.25) is 0 Å². The molecule has 2 amide bonds. The van der Waals surface area contributed by atoms with E-state index in [1.54, 1.807) is 76.7 Å². The molecule has 0 saturated carbocycles. The lowest BCUT2D eigenvalue weighted by Crippen LogP contribution is -2.28. The van der Waals surface area contributed by atoms with Crippen molar-refractivity contribution in [2.24, 2.45) is 47.3 Å². The number of hydrogen-bond acceptors (Lipinski definition) is 27. The van der Waals surface area contributed by atoms with Crippen LogP contribution < -0.4 is 0 Å². The molecule has 0 radical (unpaired) electrons. The minimum atomic E-state index is -1.67. The van der Waals surface area contributed by atoms with Crippen LogP contribution in [0.4, 0.5) is 0 Å². The van der Waals surface area contributed by atoms with E-state index < -0.39 is 73.3 Å². The zero-order chi connectivity index (χ0) is 82.7. The van der Waals surface area contributed by atoms with Crippen LogP contribution in [0.25, 0.3) is 0 Å². The highest BCUT2D eigenvalue weighted by atomic mass is 36.0. The van der Waals surface area contributed by atoms with Gasteiger partial charge in [-0.15, -0.1) is 0 Å². The molecule has 0 aromatic carbocycles. The van der Waals surface area contributed by atoms with Crippen molar-refractivity contribution in [2.45, 2.75) is 172 Å². The Hall–Kier alpha value is -7.60. The van der Waals surface area contributed by atoms with Gasteiger partial charge < -0.3 is 68.5 Å². The number of aliphatic hydroxyl groups excluding tert-OH is 1. The maximum absolute atomic E-state index is 11.3. The summed E-state index contributed by atoms with van der Waals surface area (Å²) < 4.78 is 43.7. The van der Waals surface area contributed by atoms with Crippen molar-refractivity contribution in [1.29, 1.82) is 0 Å². The van der Waals surface area contributed by atoms with Crippen molar-refractivity contribution in [3.05, 3.63) is 0 Å². The summed E-state index contributed by atoms with van der Waals surface area (Å²) >= 11 is 10.2. The molecule has 34 nitrogen and oxygen atoms in total. The molecule has 0 aromatic heterocycles. The second-order valence-electron chi connectivity index (χ2n) is 21.5. The molecule has 1 fully saturated rings. The molecule has 5 N–H and O–H groups in total. The Morgan fingerprint density at radius 3 is 1.08 bits per heavy atom. The van der Waals surface area contributed by atoms with Crippen molar-refractivity contribution in [3.63, 3.8) is 0 Å². The van der Waals surface area contributed by atoms with Crippen LogP contribution in [-0.2, 0) is 133 Å². The van der Waals surface area contributed by atoms with E-state index in [9.17, 15) is 86.3 Å². The third-order valence-electron chi connectivity index (χ3n) is 12.2. The third kappa shape index (κ3) is 90.4. The summed E-state index contributed by atoms with van der Waals surface area (Å²) in [7, 11) is 21.7. The van der Waals surface area contributed by atoms with Crippen molar-refractivity contribution in [1.82, 2.24) is 9.80 Å². The number of carboxylic acid groups (broad SMARTS) is 4. The average Bonchev–Trinajstić information content (AvgIpc) is 0.921. The van der Waals surface area contributed by atoms with Crippen molar-refractivity contribution in [3.8, 4) is 0 Å². The average molecular weight is 1580 g/mol. The molecular weight excluding hydrogens is 1470 g/mol. The summed E-state index contributed by atoms with van der Waals surface area (Å²) in [6.07, 6.45) is 5.05. The van der Waals surface area contributed by atoms with Crippen LogP contribution in [0.3, 0.4) is 0 Å². The van der Waals surface area contributed by atoms with E-state index in [1.807, 2.05) is 0 Å². The number of hydrogen-bond donors (Lipinski definition) is 5. The Kier molecular flexibility index (Phi) is 84.5. The molecular formula is C63H107Cl4N2O32S+. The predicted octanol–water partition coefficient (Wildman–Crippen LogP) is 6.85. The zero-order valence-corrected chi connectivity index (χ0v) is 65.6. The molecule has 8 atom stereocenters. The summed E-state index contributed by atoms with van der Waals surface area (Å²) in [4.78, 5) is 191. The molecule has 102 heavy (non-hydrogen) atoms. The summed E-state index contributed by atoms with van der Waals surface area (Å²) in [6, 6.07) is 0. The highest BCUT2D eigenvalue weighted by Gasteiger charge is 2.25. The van der Waals surface area contributed by atoms with E-state index in [0.717, 1.165) is 7.11 Å². The first-order valence-electron chi connectivity index (χ1n) is 30.5. The summed E-state index contributed by atoms with van der Waals surface area (Å²) in [5.41, 5.74) is 0. The Morgan fingerprint density at radius 1 is 0.520 bits per heavy atom. The number of carbonyl (C=O) groups is 18. The second kappa shape index (κ2) is 74.6. The topological polar surface area (TPSA) is 508 Å². The van der Waals surface area contributed by atoms with Crippen LogP contribution in [0, 0.1) is 47.3 Å². The number of aliphatic hydroxyl groups is 1. The molecule has 1 saturated heterocycles. The Bertz CT molecular complexity index is 2480. The summed E-state index contributed by atoms with van der Waals surface area (Å²) in [6.45, 7) is 18.7. The number of halogens is 4. The minimum Gasteiger partial charge on any atom is -0.481 e. The van der Waals surface area contributed by atoms with Crippen LogP contribution in [0.15, 0.2) is 0 Å². The van der Waals surface area contributed by atoms with Gasteiger partial charge in [0, 0.05) is 132 Å². The molecule has 594 valence electrons. The standard InChI is InChI=1S/C9H16NO3.C9H17NO3.2C7H11ClO3.2C7H12O4.C6H10O4.C6H8O3.C4H6O3.CH4O.Cl2OS/c1-7(9(12)10(2)3)5-6-8(11)13-4;1-7(9(12)13-4)5-6-8(11)10(2)3;1-5(7(8)10)3-4-6(9)11-2;1-5(7(10)11-2)3-4-6(8)9;1-5(7(9)10)3-4-6(8)11-2;1-5(7(10)11-2)3-4-6(8)9;1-4(6(9)10)2-3-5(7)8;1-4-2-3-5(7)9-6(4)8;1-3(5)7-4(2)6;1-2;1-4(2)3/h7H,4-6H2,1-3H3;7H,5-6H2,1-4H3;2*5H,3-4H2,1-2H3;5H,3-4H2,1-2H3,(H,9,10);5H,3-4H2,1-2H3,(H,8,9);4H,2-3H2,1H3,(H,7,8)(H,9,10);4H,2-3H2,1H3;1-2H3;2H,1H3;/q+1;;;;;;;;;;. The Balaban J connectivity index is -0.000000116.